The molecule has 0 radical (unpaired) electrons. The van der Waals surface area contributed by atoms with Gasteiger partial charge in [0, 0.05) is 16.4 Å². The molecule has 0 heterocycles. The standard InChI is InChI=1S/C19H21ClN2O2/c1-4-13-7-6-8-14(5-2)17(13)22-19(24)18(23)21-15-10-9-12(3)16(20)11-15/h6-11H,4-5H2,1-3H3,(H,21,23)(H,22,24). The molecule has 0 aliphatic rings. The van der Waals surface area contributed by atoms with Crippen molar-refractivity contribution in [2.75, 3.05) is 10.6 Å². The van der Waals surface area contributed by atoms with Crippen molar-refractivity contribution in [1.29, 1.82) is 0 Å². The Morgan fingerprint density at radius 1 is 0.958 bits per heavy atom. The monoisotopic (exact) mass is 344 g/mol. The Kier molecular flexibility index (Phi) is 5.99. The van der Waals surface area contributed by atoms with Crippen LogP contribution in [0, 0.1) is 6.92 Å². The fourth-order valence-corrected chi connectivity index (χ4v) is 2.61. The van der Waals surface area contributed by atoms with E-state index in [1.807, 2.05) is 39.0 Å². The van der Waals surface area contributed by atoms with Gasteiger partial charge in [-0.25, -0.2) is 0 Å². The second-order valence-electron chi connectivity index (χ2n) is 5.53. The van der Waals surface area contributed by atoms with Gasteiger partial charge in [0.1, 0.15) is 0 Å². The Morgan fingerprint density at radius 2 is 1.54 bits per heavy atom. The molecule has 0 unspecified atom stereocenters. The summed E-state index contributed by atoms with van der Waals surface area (Å²) >= 11 is 6.03. The maximum atomic E-state index is 12.2. The average Bonchev–Trinajstić information content (AvgIpc) is 2.58. The van der Waals surface area contributed by atoms with Crippen LogP contribution in [0.4, 0.5) is 11.4 Å². The van der Waals surface area contributed by atoms with Crippen molar-refractivity contribution < 1.29 is 9.59 Å². The first-order valence-electron chi connectivity index (χ1n) is 7.95. The second kappa shape index (κ2) is 7.97. The molecule has 0 spiro atoms. The molecule has 24 heavy (non-hydrogen) atoms. The molecule has 5 heteroatoms. The summed E-state index contributed by atoms with van der Waals surface area (Å²) in [4.78, 5) is 24.4. The largest absolute Gasteiger partial charge is 0.318 e. The summed E-state index contributed by atoms with van der Waals surface area (Å²) in [6.07, 6.45) is 1.55. The highest BCUT2D eigenvalue weighted by molar-refractivity contribution is 6.44. The van der Waals surface area contributed by atoms with Crippen LogP contribution in [-0.2, 0) is 22.4 Å². The van der Waals surface area contributed by atoms with Gasteiger partial charge in [-0.15, -0.1) is 0 Å². The third-order valence-electron chi connectivity index (χ3n) is 3.87. The van der Waals surface area contributed by atoms with Crippen LogP contribution in [-0.4, -0.2) is 11.8 Å². The van der Waals surface area contributed by atoms with E-state index in [0.29, 0.717) is 10.7 Å². The van der Waals surface area contributed by atoms with Gasteiger partial charge in [-0.3, -0.25) is 9.59 Å². The maximum Gasteiger partial charge on any atom is 0.314 e. The lowest BCUT2D eigenvalue weighted by atomic mass is 10.0. The minimum atomic E-state index is -0.720. The third kappa shape index (κ3) is 4.15. The van der Waals surface area contributed by atoms with E-state index in [9.17, 15) is 9.59 Å². The van der Waals surface area contributed by atoms with Gasteiger partial charge in [0.25, 0.3) is 0 Å². The molecule has 0 aliphatic carbocycles. The van der Waals surface area contributed by atoms with Crippen LogP contribution in [0.2, 0.25) is 5.02 Å². The van der Waals surface area contributed by atoms with Crippen LogP contribution in [0.1, 0.15) is 30.5 Å². The highest BCUT2D eigenvalue weighted by atomic mass is 35.5. The van der Waals surface area contributed by atoms with E-state index in [4.69, 9.17) is 11.6 Å². The first-order chi connectivity index (χ1) is 11.5. The van der Waals surface area contributed by atoms with E-state index in [2.05, 4.69) is 10.6 Å². The average molecular weight is 345 g/mol. The van der Waals surface area contributed by atoms with Crippen molar-refractivity contribution in [3.8, 4) is 0 Å². The molecule has 0 fully saturated rings. The molecule has 4 nitrogen and oxygen atoms in total. The lowest BCUT2D eigenvalue weighted by molar-refractivity contribution is -0.133. The fraction of sp³-hybridized carbons (Fsp3) is 0.263. The van der Waals surface area contributed by atoms with Crippen LogP contribution in [0.5, 0.6) is 0 Å². The Bertz CT molecular complexity index is 750. The Morgan fingerprint density at radius 3 is 2.08 bits per heavy atom. The van der Waals surface area contributed by atoms with Crippen LogP contribution in [0.15, 0.2) is 36.4 Å². The SMILES string of the molecule is CCc1cccc(CC)c1NC(=O)C(=O)Nc1ccc(C)c(Cl)c1. The summed E-state index contributed by atoms with van der Waals surface area (Å²) in [5, 5.41) is 5.85. The van der Waals surface area contributed by atoms with E-state index in [0.717, 1.165) is 35.2 Å². The minimum absolute atomic E-state index is 0.491. The maximum absolute atomic E-state index is 12.2. The molecule has 0 aliphatic heterocycles. The van der Waals surface area contributed by atoms with Crippen molar-refractivity contribution in [2.24, 2.45) is 0 Å². The predicted molar refractivity (Wildman–Crippen MR) is 98.6 cm³/mol. The number of carbonyl (C=O) groups is 2. The molecule has 0 saturated carbocycles. The number of hydrogen-bond acceptors (Lipinski definition) is 2. The van der Waals surface area contributed by atoms with Gasteiger partial charge in [0.2, 0.25) is 0 Å². The van der Waals surface area contributed by atoms with Gasteiger partial charge < -0.3 is 10.6 Å². The number of amides is 2. The number of nitrogens with one attached hydrogen (secondary N) is 2. The molecular formula is C19H21ClN2O2. The van der Waals surface area contributed by atoms with E-state index < -0.39 is 11.8 Å². The number of hydrogen-bond donors (Lipinski definition) is 2. The summed E-state index contributed by atoms with van der Waals surface area (Å²) in [5.74, 6) is -1.41. The molecule has 2 amide bonds. The molecule has 126 valence electrons. The van der Waals surface area contributed by atoms with Gasteiger partial charge in [0.05, 0.1) is 0 Å². The highest BCUT2D eigenvalue weighted by Crippen LogP contribution is 2.23. The quantitative estimate of drug-likeness (QED) is 0.810. The van der Waals surface area contributed by atoms with Gasteiger partial charge in [0.15, 0.2) is 0 Å². The zero-order valence-corrected chi connectivity index (χ0v) is 14.8. The molecule has 2 rings (SSSR count). The third-order valence-corrected chi connectivity index (χ3v) is 4.28. The number of halogens is 1. The minimum Gasteiger partial charge on any atom is -0.318 e. The second-order valence-corrected chi connectivity index (χ2v) is 5.94. The smallest absolute Gasteiger partial charge is 0.314 e. The van der Waals surface area contributed by atoms with Crippen LogP contribution < -0.4 is 10.6 Å². The number of anilines is 2. The van der Waals surface area contributed by atoms with Gasteiger partial charge >= 0.3 is 11.8 Å². The summed E-state index contributed by atoms with van der Waals surface area (Å²) in [6.45, 7) is 5.90. The van der Waals surface area contributed by atoms with E-state index in [1.54, 1.807) is 18.2 Å². The number of benzene rings is 2. The number of rotatable bonds is 4. The fourth-order valence-electron chi connectivity index (χ4n) is 2.43. The topological polar surface area (TPSA) is 58.2 Å². The lowest BCUT2D eigenvalue weighted by Gasteiger charge is -2.14. The molecule has 2 aromatic rings. The van der Waals surface area contributed by atoms with Crippen molar-refractivity contribution in [2.45, 2.75) is 33.6 Å². The molecule has 0 bridgehead atoms. The Labute approximate surface area is 147 Å². The van der Waals surface area contributed by atoms with E-state index in [-0.39, 0.29) is 0 Å². The molecule has 2 N–H and O–H groups in total. The zero-order chi connectivity index (χ0) is 17.7. The van der Waals surface area contributed by atoms with Crippen molar-refractivity contribution in [1.82, 2.24) is 0 Å². The van der Waals surface area contributed by atoms with E-state index in [1.165, 1.54) is 0 Å². The van der Waals surface area contributed by atoms with Gasteiger partial charge in [-0.2, -0.15) is 0 Å². The highest BCUT2D eigenvalue weighted by Gasteiger charge is 2.17. The predicted octanol–water partition coefficient (Wildman–Crippen LogP) is 4.35. The van der Waals surface area contributed by atoms with Crippen molar-refractivity contribution in [3.63, 3.8) is 0 Å². The first kappa shape index (κ1) is 18.0. The Balaban J connectivity index is 2.15. The molecule has 0 atom stereocenters. The summed E-state index contributed by atoms with van der Waals surface area (Å²) < 4.78 is 0. The summed E-state index contributed by atoms with van der Waals surface area (Å²) in [6, 6.07) is 11.0. The Hall–Kier alpha value is -2.33. The molecular weight excluding hydrogens is 324 g/mol. The van der Waals surface area contributed by atoms with Gasteiger partial charge in [-0.05, 0) is 48.6 Å². The van der Waals surface area contributed by atoms with Crippen molar-refractivity contribution >= 4 is 34.8 Å². The zero-order valence-electron chi connectivity index (χ0n) is 14.1. The van der Waals surface area contributed by atoms with Crippen LogP contribution >= 0.6 is 11.6 Å². The number of aryl methyl sites for hydroxylation is 3. The van der Waals surface area contributed by atoms with Crippen LogP contribution in [0.3, 0.4) is 0 Å². The molecule has 0 saturated heterocycles. The lowest BCUT2D eigenvalue weighted by Crippen LogP contribution is -2.29. The molecule has 0 aromatic heterocycles. The first-order valence-corrected chi connectivity index (χ1v) is 8.33. The molecule has 2 aromatic carbocycles. The van der Waals surface area contributed by atoms with E-state index >= 15 is 0 Å². The summed E-state index contributed by atoms with van der Waals surface area (Å²) in [5.41, 5.74) is 4.14. The van der Waals surface area contributed by atoms with Crippen LogP contribution in [0.25, 0.3) is 0 Å². The number of carbonyl (C=O) groups excluding carboxylic acids is 2. The normalized spacial score (nSPS) is 10.3. The van der Waals surface area contributed by atoms with Crippen molar-refractivity contribution in [3.05, 3.63) is 58.1 Å². The number of para-hydroxylation sites is 1. The van der Waals surface area contributed by atoms with Gasteiger partial charge in [-0.1, -0.05) is 49.7 Å². The summed E-state index contributed by atoms with van der Waals surface area (Å²) in [7, 11) is 0.